The summed E-state index contributed by atoms with van der Waals surface area (Å²) in [7, 11) is 3.14. The van der Waals surface area contributed by atoms with Crippen molar-refractivity contribution in [2.24, 2.45) is 0 Å². The molecule has 0 aliphatic heterocycles. The molecule has 27 heavy (non-hydrogen) atoms. The quantitative estimate of drug-likeness (QED) is 0.751. The topological polar surface area (TPSA) is 67.9 Å². The molecular formula is C20H23ClN2O4. The molecule has 0 aliphatic carbocycles. The summed E-state index contributed by atoms with van der Waals surface area (Å²) in [6.07, 6.45) is 0. The zero-order chi connectivity index (χ0) is 19.8. The molecule has 2 aromatic rings. The van der Waals surface area contributed by atoms with Crippen LogP contribution in [0.4, 0.5) is 0 Å². The van der Waals surface area contributed by atoms with Crippen molar-refractivity contribution < 1.29 is 19.1 Å². The van der Waals surface area contributed by atoms with E-state index in [2.05, 4.69) is 5.32 Å². The minimum Gasteiger partial charge on any atom is -0.493 e. The van der Waals surface area contributed by atoms with Crippen LogP contribution in [0.15, 0.2) is 42.5 Å². The molecule has 0 spiro atoms. The van der Waals surface area contributed by atoms with Gasteiger partial charge in [-0.2, -0.15) is 0 Å². The number of carbonyl (C=O) groups excluding carboxylic acids is 2. The maximum Gasteiger partial charge on any atom is 0.251 e. The van der Waals surface area contributed by atoms with Gasteiger partial charge in [0.05, 0.1) is 14.2 Å². The van der Waals surface area contributed by atoms with Crippen LogP contribution in [0, 0.1) is 0 Å². The number of amides is 2. The Labute approximate surface area is 164 Å². The minimum atomic E-state index is -0.207. The Bertz CT molecular complexity index is 793. The van der Waals surface area contributed by atoms with Crippen molar-refractivity contribution in [1.29, 1.82) is 0 Å². The lowest BCUT2D eigenvalue weighted by Crippen LogP contribution is -2.37. The SMILES string of the molecule is COc1ccc(CN(CCNC(=O)c2ccc(Cl)cc2)C(C)=O)cc1OC. The highest BCUT2D eigenvalue weighted by molar-refractivity contribution is 6.30. The molecule has 2 amide bonds. The molecule has 144 valence electrons. The standard InChI is InChI=1S/C20H23ClN2O4/c1-14(24)23(13-15-4-9-18(26-2)19(12-15)27-3)11-10-22-20(25)16-5-7-17(21)8-6-16/h4-9,12H,10-11,13H2,1-3H3,(H,22,25). The number of rotatable bonds is 8. The summed E-state index contributed by atoms with van der Waals surface area (Å²) in [5.41, 5.74) is 1.43. The minimum absolute atomic E-state index is 0.0782. The molecule has 0 aromatic heterocycles. The highest BCUT2D eigenvalue weighted by atomic mass is 35.5. The van der Waals surface area contributed by atoms with Crippen molar-refractivity contribution >= 4 is 23.4 Å². The van der Waals surface area contributed by atoms with Crippen LogP contribution < -0.4 is 14.8 Å². The zero-order valence-electron chi connectivity index (χ0n) is 15.6. The van der Waals surface area contributed by atoms with Crippen LogP contribution >= 0.6 is 11.6 Å². The van der Waals surface area contributed by atoms with Crippen molar-refractivity contribution in [3.63, 3.8) is 0 Å². The Morgan fingerprint density at radius 2 is 1.70 bits per heavy atom. The maximum atomic E-state index is 12.1. The Balaban J connectivity index is 1.94. The third-order valence-corrected chi connectivity index (χ3v) is 4.29. The fraction of sp³-hybridized carbons (Fsp3) is 0.300. The lowest BCUT2D eigenvalue weighted by molar-refractivity contribution is -0.129. The summed E-state index contributed by atoms with van der Waals surface area (Å²) in [5.74, 6) is 0.951. The van der Waals surface area contributed by atoms with Crippen molar-refractivity contribution in [1.82, 2.24) is 10.2 Å². The highest BCUT2D eigenvalue weighted by Gasteiger charge is 2.13. The van der Waals surface area contributed by atoms with Gasteiger partial charge in [-0.25, -0.2) is 0 Å². The van der Waals surface area contributed by atoms with Gasteiger partial charge in [-0.05, 0) is 42.0 Å². The second kappa shape index (κ2) is 9.83. The van der Waals surface area contributed by atoms with Gasteiger partial charge in [-0.15, -0.1) is 0 Å². The van der Waals surface area contributed by atoms with E-state index in [1.54, 1.807) is 49.5 Å². The first-order chi connectivity index (χ1) is 12.9. The molecular weight excluding hydrogens is 368 g/mol. The lowest BCUT2D eigenvalue weighted by atomic mass is 10.2. The summed E-state index contributed by atoms with van der Waals surface area (Å²) in [6.45, 7) is 2.64. The number of nitrogens with one attached hydrogen (secondary N) is 1. The van der Waals surface area contributed by atoms with Crippen LogP contribution in [-0.4, -0.2) is 44.0 Å². The number of nitrogens with zero attached hydrogens (tertiary/aromatic N) is 1. The molecule has 0 radical (unpaired) electrons. The van der Waals surface area contributed by atoms with E-state index in [4.69, 9.17) is 21.1 Å². The van der Waals surface area contributed by atoms with Crippen molar-refractivity contribution in [2.45, 2.75) is 13.5 Å². The molecule has 0 atom stereocenters. The van der Waals surface area contributed by atoms with E-state index in [-0.39, 0.29) is 11.8 Å². The highest BCUT2D eigenvalue weighted by Crippen LogP contribution is 2.28. The van der Waals surface area contributed by atoms with E-state index in [0.29, 0.717) is 41.7 Å². The van der Waals surface area contributed by atoms with Crippen LogP contribution in [0.1, 0.15) is 22.8 Å². The summed E-state index contributed by atoms with van der Waals surface area (Å²) in [4.78, 5) is 25.7. The van der Waals surface area contributed by atoms with E-state index < -0.39 is 0 Å². The van der Waals surface area contributed by atoms with Gasteiger partial charge in [0.2, 0.25) is 5.91 Å². The van der Waals surface area contributed by atoms with Gasteiger partial charge >= 0.3 is 0 Å². The van der Waals surface area contributed by atoms with E-state index in [0.717, 1.165) is 5.56 Å². The molecule has 0 fully saturated rings. The van der Waals surface area contributed by atoms with Crippen molar-refractivity contribution in [3.8, 4) is 11.5 Å². The number of carbonyl (C=O) groups is 2. The Kier molecular flexibility index (Phi) is 7.49. The van der Waals surface area contributed by atoms with Gasteiger partial charge in [0.15, 0.2) is 11.5 Å². The molecule has 0 unspecified atom stereocenters. The van der Waals surface area contributed by atoms with Gasteiger partial charge < -0.3 is 19.7 Å². The number of methoxy groups -OCH3 is 2. The van der Waals surface area contributed by atoms with Gasteiger partial charge in [-0.3, -0.25) is 9.59 Å². The average Bonchev–Trinajstić information content (AvgIpc) is 2.67. The number of ether oxygens (including phenoxy) is 2. The van der Waals surface area contributed by atoms with Gasteiger partial charge in [0.25, 0.3) is 5.91 Å². The van der Waals surface area contributed by atoms with E-state index in [1.807, 2.05) is 12.1 Å². The molecule has 0 saturated heterocycles. The Morgan fingerprint density at radius 3 is 2.30 bits per heavy atom. The number of hydrogen-bond donors (Lipinski definition) is 1. The molecule has 6 nitrogen and oxygen atoms in total. The first-order valence-corrected chi connectivity index (χ1v) is 8.82. The zero-order valence-corrected chi connectivity index (χ0v) is 16.4. The third kappa shape index (κ3) is 5.89. The Hall–Kier alpha value is -2.73. The van der Waals surface area contributed by atoms with E-state index in [1.165, 1.54) is 6.92 Å². The number of benzene rings is 2. The van der Waals surface area contributed by atoms with Gasteiger partial charge in [-0.1, -0.05) is 17.7 Å². The molecule has 1 N–H and O–H groups in total. The van der Waals surface area contributed by atoms with Crippen LogP contribution in [0.25, 0.3) is 0 Å². The van der Waals surface area contributed by atoms with Crippen LogP contribution in [0.2, 0.25) is 5.02 Å². The van der Waals surface area contributed by atoms with E-state index in [9.17, 15) is 9.59 Å². The third-order valence-electron chi connectivity index (χ3n) is 4.04. The lowest BCUT2D eigenvalue weighted by Gasteiger charge is -2.22. The summed E-state index contributed by atoms with van der Waals surface area (Å²) < 4.78 is 10.5. The van der Waals surface area contributed by atoms with E-state index >= 15 is 0 Å². The fourth-order valence-corrected chi connectivity index (χ4v) is 2.68. The molecule has 2 rings (SSSR count). The molecule has 0 saturated carbocycles. The summed E-state index contributed by atoms with van der Waals surface area (Å²) in [5, 5.41) is 3.38. The number of hydrogen-bond acceptors (Lipinski definition) is 4. The normalized spacial score (nSPS) is 10.2. The molecule has 7 heteroatoms. The van der Waals surface area contributed by atoms with Crippen molar-refractivity contribution in [2.75, 3.05) is 27.3 Å². The van der Waals surface area contributed by atoms with Crippen LogP contribution in [0.3, 0.4) is 0 Å². The summed E-state index contributed by atoms with van der Waals surface area (Å²) in [6, 6.07) is 12.2. The second-order valence-electron chi connectivity index (χ2n) is 5.89. The molecule has 0 aliphatic rings. The van der Waals surface area contributed by atoms with Crippen LogP contribution in [0.5, 0.6) is 11.5 Å². The monoisotopic (exact) mass is 390 g/mol. The molecule has 0 bridgehead atoms. The van der Waals surface area contributed by atoms with Crippen LogP contribution in [-0.2, 0) is 11.3 Å². The number of halogens is 1. The molecule has 0 heterocycles. The predicted molar refractivity (Wildman–Crippen MR) is 104 cm³/mol. The first kappa shape index (κ1) is 20.6. The second-order valence-corrected chi connectivity index (χ2v) is 6.33. The maximum absolute atomic E-state index is 12.1. The summed E-state index contributed by atoms with van der Waals surface area (Å²) >= 11 is 5.82. The van der Waals surface area contributed by atoms with Gasteiger partial charge in [0, 0.05) is 37.1 Å². The first-order valence-electron chi connectivity index (χ1n) is 8.44. The molecule has 2 aromatic carbocycles. The smallest absolute Gasteiger partial charge is 0.251 e. The Morgan fingerprint density at radius 1 is 1.04 bits per heavy atom. The average molecular weight is 391 g/mol. The van der Waals surface area contributed by atoms with Crippen molar-refractivity contribution in [3.05, 3.63) is 58.6 Å². The largest absolute Gasteiger partial charge is 0.493 e. The van der Waals surface area contributed by atoms with Gasteiger partial charge in [0.1, 0.15) is 0 Å². The fourth-order valence-electron chi connectivity index (χ4n) is 2.55. The predicted octanol–water partition coefficient (Wildman–Crippen LogP) is 3.14.